The van der Waals surface area contributed by atoms with Gasteiger partial charge >= 0.3 is 0 Å². The Morgan fingerprint density at radius 3 is 2.58 bits per heavy atom. The van der Waals surface area contributed by atoms with Gasteiger partial charge < -0.3 is 9.84 Å². The van der Waals surface area contributed by atoms with Crippen molar-refractivity contribution in [2.45, 2.75) is 0 Å². The molecule has 0 aliphatic carbocycles. The SMILES string of the molecule is COc1cc(I)cc(C=Nc2ccc(Br)cc2)c1O. The minimum Gasteiger partial charge on any atom is -0.504 e. The smallest absolute Gasteiger partial charge is 0.166 e. The van der Waals surface area contributed by atoms with Crippen molar-refractivity contribution in [1.82, 2.24) is 0 Å². The van der Waals surface area contributed by atoms with Crippen LogP contribution in [0.2, 0.25) is 0 Å². The number of aliphatic imine (C=N–C) groups is 1. The van der Waals surface area contributed by atoms with Crippen LogP contribution >= 0.6 is 38.5 Å². The van der Waals surface area contributed by atoms with Crippen molar-refractivity contribution < 1.29 is 9.84 Å². The molecule has 0 heterocycles. The van der Waals surface area contributed by atoms with Gasteiger partial charge in [-0.2, -0.15) is 0 Å². The number of methoxy groups -OCH3 is 1. The van der Waals surface area contributed by atoms with Crippen LogP contribution in [0.5, 0.6) is 11.5 Å². The molecule has 0 spiro atoms. The minimum atomic E-state index is 0.101. The number of phenolic OH excluding ortho intramolecular Hbond substituents is 1. The molecule has 19 heavy (non-hydrogen) atoms. The molecule has 0 aliphatic heterocycles. The molecule has 2 aromatic rings. The fraction of sp³-hybridized carbons (Fsp3) is 0.0714. The van der Waals surface area contributed by atoms with Gasteiger partial charge in [-0.3, -0.25) is 4.99 Å². The lowest BCUT2D eigenvalue weighted by Gasteiger charge is -2.06. The molecule has 0 bridgehead atoms. The summed E-state index contributed by atoms with van der Waals surface area (Å²) in [5.41, 5.74) is 1.45. The van der Waals surface area contributed by atoms with Crippen LogP contribution in [0, 0.1) is 3.57 Å². The van der Waals surface area contributed by atoms with E-state index >= 15 is 0 Å². The molecule has 0 saturated heterocycles. The van der Waals surface area contributed by atoms with E-state index in [1.165, 1.54) is 7.11 Å². The number of rotatable bonds is 3. The van der Waals surface area contributed by atoms with Gasteiger partial charge in [-0.25, -0.2) is 0 Å². The van der Waals surface area contributed by atoms with E-state index in [4.69, 9.17) is 4.74 Å². The van der Waals surface area contributed by atoms with E-state index < -0.39 is 0 Å². The normalized spacial score (nSPS) is 10.9. The lowest BCUT2D eigenvalue weighted by atomic mass is 10.2. The number of nitrogens with zero attached hydrogens (tertiary/aromatic N) is 1. The maximum atomic E-state index is 10.0. The molecule has 2 aromatic carbocycles. The third-order valence-corrected chi connectivity index (χ3v) is 3.62. The first-order chi connectivity index (χ1) is 9.10. The maximum Gasteiger partial charge on any atom is 0.166 e. The van der Waals surface area contributed by atoms with Gasteiger partial charge in [0.1, 0.15) is 0 Å². The van der Waals surface area contributed by atoms with Gasteiger partial charge in [-0.1, -0.05) is 15.9 Å². The summed E-state index contributed by atoms with van der Waals surface area (Å²) in [4.78, 5) is 4.33. The summed E-state index contributed by atoms with van der Waals surface area (Å²) in [7, 11) is 1.53. The second-order valence-electron chi connectivity index (χ2n) is 3.78. The highest BCUT2D eigenvalue weighted by Gasteiger charge is 2.07. The lowest BCUT2D eigenvalue weighted by Crippen LogP contribution is -1.90. The van der Waals surface area contributed by atoms with Gasteiger partial charge in [0.05, 0.1) is 12.8 Å². The Balaban J connectivity index is 2.32. The molecular formula is C14H11BrINO2. The summed E-state index contributed by atoms with van der Waals surface area (Å²) >= 11 is 5.54. The van der Waals surface area contributed by atoms with Gasteiger partial charge in [0.25, 0.3) is 0 Å². The highest BCUT2D eigenvalue weighted by Crippen LogP contribution is 2.31. The fourth-order valence-electron chi connectivity index (χ4n) is 1.52. The molecule has 3 nitrogen and oxygen atoms in total. The monoisotopic (exact) mass is 431 g/mol. The first kappa shape index (κ1) is 14.3. The number of hydrogen-bond donors (Lipinski definition) is 1. The Kier molecular flexibility index (Phi) is 4.81. The average Bonchev–Trinajstić information content (AvgIpc) is 2.41. The molecular weight excluding hydrogens is 421 g/mol. The van der Waals surface area contributed by atoms with Crippen LogP contribution < -0.4 is 4.74 Å². The van der Waals surface area contributed by atoms with Crippen LogP contribution in [0.15, 0.2) is 45.9 Å². The minimum absolute atomic E-state index is 0.101. The summed E-state index contributed by atoms with van der Waals surface area (Å²) in [6, 6.07) is 11.2. The number of ether oxygens (including phenoxy) is 1. The molecule has 1 N–H and O–H groups in total. The summed E-state index contributed by atoms with van der Waals surface area (Å²) in [5.74, 6) is 0.549. The van der Waals surface area contributed by atoms with Crippen LogP contribution in [-0.4, -0.2) is 18.4 Å². The van der Waals surface area contributed by atoms with Crippen molar-refractivity contribution in [3.63, 3.8) is 0 Å². The van der Waals surface area contributed by atoms with Crippen LogP contribution in [-0.2, 0) is 0 Å². The van der Waals surface area contributed by atoms with Crippen molar-refractivity contribution in [3.8, 4) is 11.5 Å². The molecule has 0 saturated carbocycles. The second-order valence-corrected chi connectivity index (χ2v) is 5.94. The molecule has 0 atom stereocenters. The zero-order valence-corrected chi connectivity index (χ0v) is 13.8. The van der Waals surface area contributed by atoms with E-state index in [2.05, 4.69) is 43.5 Å². The molecule has 98 valence electrons. The lowest BCUT2D eigenvalue weighted by molar-refractivity contribution is 0.373. The van der Waals surface area contributed by atoms with E-state index in [9.17, 15) is 5.11 Å². The summed E-state index contributed by atoms with van der Waals surface area (Å²) in [5, 5.41) is 10.0. The Labute approximate surface area is 133 Å². The zero-order valence-electron chi connectivity index (χ0n) is 10.1. The van der Waals surface area contributed by atoms with E-state index in [0.29, 0.717) is 11.3 Å². The van der Waals surface area contributed by atoms with Gasteiger partial charge in [0.2, 0.25) is 0 Å². The first-order valence-corrected chi connectivity index (χ1v) is 7.33. The summed E-state index contributed by atoms with van der Waals surface area (Å²) in [6.45, 7) is 0. The Bertz CT molecular complexity index is 612. The fourth-order valence-corrected chi connectivity index (χ4v) is 2.40. The molecule has 0 fully saturated rings. The summed E-state index contributed by atoms with van der Waals surface area (Å²) < 4.78 is 7.09. The number of hydrogen-bond acceptors (Lipinski definition) is 3. The van der Waals surface area contributed by atoms with Crippen molar-refractivity contribution in [1.29, 1.82) is 0 Å². The molecule has 0 amide bonds. The van der Waals surface area contributed by atoms with Crippen molar-refractivity contribution in [2.24, 2.45) is 4.99 Å². The topological polar surface area (TPSA) is 41.8 Å². The van der Waals surface area contributed by atoms with Gasteiger partial charge in [0, 0.05) is 19.8 Å². The zero-order chi connectivity index (χ0) is 13.8. The third-order valence-electron chi connectivity index (χ3n) is 2.47. The quantitative estimate of drug-likeness (QED) is 0.573. The van der Waals surface area contributed by atoms with E-state index in [1.54, 1.807) is 12.3 Å². The predicted octanol–water partition coefficient (Wildman–Crippen LogP) is 4.52. The number of halogens is 2. The van der Waals surface area contributed by atoms with Crippen molar-refractivity contribution in [3.05, 3.63) is 50.0 Å². The van der Waals surface area contributed by atoms with Crippen molar-refractivity contribution >= 4 is 50.4 Å². The summed E-state index contributed by atoms with van der Waals surface area (Å²) in [6.07, 6.45) is 1.63. The molecule has 0 unspecified atom stereocenters. The molecule has 5 heteroatoms. The highest BCUT2D eigenvalue weighted by atomic mass is 127. The highest BCUT2D eigenvalue weighted by molar-refractivity contribution is 14.1. The third kappa shape index (κ3) is 3.70. The molecule has 0 aliphatic rings. The second kappa shape index (κ2) is 6.38. The van der Waals surface area contributed by atoms with Gasteiger partial charge in [-0.05, 0) is 59.0 Å². The van der Waals surface area contributed by atoms with Crippen LogP contribution in [0.4, 0.5) is 5.69 Å². The van der Waals surface area contributed by atoms with Gasteiger partial charge in [-0.15, -0.1) is 0 Å². The Morgan fingerprint density at radius 1 is 1.26 bits per heavy atom. The van der Waals surface area contributed by atoms with E-state index in [0.717, 1.165) is 13.7 Å². The molecule has 2 rings (SSSR count). The Morgan fingerprint density at radius 2 is 1.95 bits per heavy atom. The number of benzene rings is 2. The average molecular weight is 432 g/mol. The number of phenols is 1. The predicted molar refractivity (Wildman–Crippen MR) is 88.8 cm³/mol. The van der Waals surface area contributed by atoms with Crippen LogP contribution in [0.25, 0.3) is 0 Å². The largest absolute Gasteiger partial charge is 0.504 e. The molecule has 0 radical (unpaired) electrons. The maximum absolute atomic E-state index is 10.0. The van der Waals surface area contributed by atoms with E-state index in [1.807, 2.05) is 30.3 Å². The first-order valence-electron chi connectivity index (χ1n) is 5.46. The van der Waals surface area contributed by atoms with Crippen molar-refractivity contribution in [2.75, 3.05) is 7.11 Å². The van der Waals surface area contributed by atoms with Crippen LogP contribution in [0.1, 0.15) is 5.56 Å². The molecule has 0 aromatic heterocycles. The number of aromatic hydroxyl groups is 1. The standard InChI is InChI=1S/C14H11BrINO2/c1-19-13-7-11(16)6-9(14(13)18)8-17-12-4-2-10(15)3-5-12/h2-8,18H,1H3. The Hall–Kier alpha value is -1.08. The van der Waals surface area contributed by atoms with Crippen LogP contribution in [0.3, 0.4) is 0 Å². The van der Waals surface area contributed by atoms with E-state index in [-0.39, 0.29) is 5.75 Å². The van der Waals surface area contributed by atoms with Gasteiger partial charge in [0.15, 0.2) is 11.5 Å².